The summed E-state index contributed by atoms with van der Waals surface area (Å²) in [6, 6.07) is 9.57. The van der Waals surface area contributed by atoms with Gasteiger partial charge in [0.2, 0.25) is 0 Å². The summed E-state index contributed by atoms with van der Waals surface area (Å²) in [6.45, 7) is 5.92. The molecule has 2 aromatic carbocycles. The van der Waals surface area contributed by atoms with Crippen molar-refractivity contribution in [2.45, 2.75) is 20.8 Å². The van der Waals surface area contributed by atoms with Gasteiger partial charge in [-0.25, -0.2) is 4.79 Å². The molecule has 0 bridgehead atoms. The van der Waals surface area contributed by atoms with E-state index in [2.05, 4.69) is 18.1 Å². The molecule has 0 amide bonds. The molecule has 0 aliphatic carbocycles. The highest BCUT2D eigenvalue weighted by molar-refractivity contribution is 6.36. The molecule has 1 aromatic heterocycles. The summed E-state index contributed by atoms with van der Waals surface area (Å²) in [5.74, 6) is -0.0989. The summed E-state index contributed by atoms with van der Waals surface area (Å²) in [7, 11) is 0. The van der Waals surface area contributed by atoms with E-state index in [1.54, 1.807) is 13.0 Å². The van der Waals surface area contributed by atoms with E-state index >= 15 is 0 Å². The number of fused-ring (bicyclic) bond motifs is 1. The van der Waals surface area contributed by atoms with Crippen molar-refractivity contribution in [3.8, 4) is 17.0 Å². The number of benzene rings is 2. The number of aryl methyl sites for hydroxylation is 1. The largest absolute Gasteiger partial charge is 0.480 e. The number of hydrogen-bond donors (Lipinski definition) is 0. The second kappa shape index (κ2) is 7.15. The van der Waals surface area contributed by atoms with Crippen LogP contribution < -0.4 is 4.74 Å². The van der Waals surface area contributed by atoms with Crippen LogP contribution in [-0.4, -0.2) is 24.3 Å². The molecule has 6 heteroatoms. The van der Waals surface area contributed by atoms with Gasteiger partial charge in [0.05, 0.1) is 12.0 Å². The molecule has 0 radical (unpaired) electrons. The van der Waals surface area contributed by atoms with Crippen LogP contribution >= 0.6 is 11.6 Å². The summed E-state index contributed by atoms with van der Waals surface area (Å²) in [5.41, 5.74) is 4.47. The Balaban J connectivity index is 1.97. The number of carbonyl (C=O) groups is 1. The van der Waals surface area contributed by atoms with Gasteiger partial charge in [-0.3, -0.25) is 0 Å². The van der Waals surface area contributed by atoms with Crippen LogP contribution in [0.2, 0.25) is 5.02 Å². The van der Waals surface area contributed by atoms with Crippen LogP contribution in [0.25, 0.3) is 22.2 Å². The summed E-state index contributed by atoms with van der Waals surface area (Å²) in [6.07, 6.45) is 0. The molecule has 0 saturated carbocycles. The molecule has 0 N–H and O–H groups in total. The van der Waals surface area contributed by atoms with Gasteiger partial charge in [-0.05, 0) is 44.0 Å². The smallest absolute Gasteiger partial charge is 0.344 e. The standard InChI is InChI=1S/C19H18ClNO4/c1-4-23-16(22)10-24-15-9-8-14-18(21-25-19(14)17(15)20)13-7-5-6-11(2)12(13)3/h5-9H,4,10H2,1-3H3. The zero-order chi connectivity index (χ0) is 18.0. The highest BCUT2D eigenvalue weighted by atomic mass is 35.5. The molecule has 3 aromatic rings. The summed E-state index contributed by atoms with van der Waals surface area (Å²) in [4.78, 5) is 11.4. The first kappa shape index (κ1) is 17.3. The van der Waals surface area contributed by atoms with Gasteiger partial charge >= 0.3 is 5.97 Å². The third-order valence-electron chi connectivity index (χ3n) is 4.06. The molecule has 5 nitrogen and oxygen atoms in total. The second-order valence-electron chi connectivity index (χ2n) is 5.63. The minimum atomic E-state index is -0.452. The van der Waals surface area contributed by atoms with Crippen LogP contribution in [0.1, 0.15) is 18.1 Å². The maximum atomic E-state index is 11.4. The average Bonchev–Trinajstić information content (AvgIpc) is 3.02. The highest BCUT2D eigenvalue weighted by Crippen LogP contribution is 2.38. The minimum absolute atomic E-state index is 0.211. The van der Waals surface area contributed by atoms with E-state index < -0.39 is 5.97 Å². The molecular weight excluding hydrogens is 342 g/mol. The zero-order valence-corrected chi connectivity index (χ0v) is 15.0. The normalized spacial score (nSPS) is 10.9. The van der Waals surface area contributed by atoms with Crippen LogP contribution in [0.4, 0.5) is 0 Å². The maximum absolute atomic E-state index is 11.4. The van der Waals surface area contributed by atoms with E-state index in [0.29, 0.717) is 17.9 Å². The van der Waals surface area contributed by atoms with E-state index in [1.165, 1.54) is 5.56 Å². The average molecular weight is 360 g/mol. The first-order valence-electron chi connectivity index (χ1n) is 7.95. The third-order valence-corrected chi connectivity index (χ3v) is 4.41. The lowest BCUT2D eigenvalue weighted by atomic mass is 9.99. The fraction of sp³-hybridized carbons (Fsp3) is 0.263. The van der Waals surface area contributed by atoms with Gasteiger partial charge in [-0.2, -0.15) is 0 Å². The number of aromatic nitrogens is 1. The molecule has 0 unspecified atom stereocenters. The second-order valence-corrected chi connectivity index (χ2v) is 6.00. The summed E-state index contributed by atoms with van der Waals surface area (Å²) < 4.78 is 15.7. The number of hydrogen-bond acceptors (Lipinski definition) is 5. The quantitative estimate of drug-likeness (QED) is 0.617. The lowest BCUT2D eigenvalue weighted by Gasteiger charge is -2.08. The van der Waals surface area contributed by atoms with Gasteiger partial charge in [0.1, 0.15) is 16.5 Å². The molecule has 130 valence electrons. The Bertz CT molecular complexity index is 933. The van der Waals surface area contributed by atoms with Gasteiger partial charge in [0.15, 0.2) is 12.2 Å². The van der Waals surface area contributed by atoms with Crippen molar-refractivity contribution in [1.29, 1.82) is 0 Å². The lowest BCUT2D eigenvalue weighted by Crippen LogP contribution is -2.14. The predicted octanol–water partition coefficient (Wildman–Crippen LogP) is 4.71. The molecule has 0 aliphatic rings. The number of ether oxygens (including phenoxy) is 2. The summed E-state index contributed by atoms with van der Waals surface area (Å²) in [5, 5.41) is 5.26. The zero-order valence-electron chi connectivity index (χ0n) is 14.3. The number of esters is 1. The Morgan fingerprint density at radius 1 is 1.24 bits per heavy atom. The Labute approximate surface area is 150 Å². The number of rotatable bonds is 5. The van der Waals surface area contributed by atoms with Crippen molar-refractivity contribution in [1.82, 2.24) is 5.16 Å². The van der Waals surface area contributed by atoms with Gasteiger partial charge in [-0.15, -0.1) is 0 Å². The van der Waals surface area contributed by atoms with E-state index in [9.17, 15) is 4.79 Å². The van der Waals surface area contributed by atoms with Crippen LogP contribution in [0, 0.1) is 13.8 Å². The Morgan fingerprint density at radius 3 is 2.80 bits per heavy atom. The van der Waals surface area contributed by atoms with Crippen molar-refractivity contribution in [3.63, 3.8) is 0 Å². The Kier molecular flexibility index (Phi) is 4.95. The molecule has 1 heterocycles. The SMILES string of the molecule is CCOC(=O)COc1ccc2c(-c3cccc(C)c3C)noc2c1Cl. The lowest BCUT2D eigenvalue weighted by molar-refractivity contribution is -0.145. The van der Waals surface area contributed by atoms with Crippen molar-refractivity contribution in [2.24, 2.45) is 0 Å². The molecule has 25 heavy (non-hydrogen) atoms. The van der Waals surface area contributed by atoms with Crippen molar-refractivity contribution in [3.05, 3.63) is 46.5 Å². The Morgan fingerprint density at radius 2 is 2.04 bits per heavy atom. The number of carbonyl (C=O) groups excluding carboxylic acids is 1. The van der Waals surface area contributed by atoms with Crippen LogP contribution in [0.5, 0.6) is 5.75 Å². The molecule has 0 saturated heterocycles. The minimum Gasteiger partial charge on any atom is -0.480 e. The number of nitrogens with zero attached hydrogens (tertiary/aromatic N) is 1. The molecule has 0 fully saturated rings. The molecule has 0 spiro atoms. The van der Waals surface area contributed by atoms with E-state index in [0.717, 1.165) is 22.2 Å². The van der Waals surface area contributed by atoms with Crippen molar-refractivity contribution in [2.75, 3.05) is 13.2 Å². The Hall–Kier alpha value is -2.53. The fourth-order valence-electron chi connectivity index (χ4n) is 2.61. The maximum Gasteiger partial charge on any atom is 0.344 e. The van der Waals surface area contributed by atoms with E-state index in [4.69, 9.17) is 25.6 Å². The third kappa shape index (κ3) is 3.33. The van der Waals surface area contributed by atoms with Crippen LogP contribution in [0.3, 0.4) is 0 Å². The molecule has 0 aliphatic heterocycles. The van der Waals surface area contributed by atoms with Gasteiger partial charge < -0.3 is 14.0 Å². The highest BCUT2D eigenvalue weighted by Gasteiger charge is 2.18. The van der Waals surface area contributed by atoms with E-state index in [-0.39, 0.29) is 11.6 Å². The molecule has 0 atom stereocenters. The topological polar surface area (TPSA) is 61.6 Å². The van der Waals surface area contributed by atoms with Crippen LogP contribution in [-0.2, 0) is 9.53 Å². The van der Waals surface area contributed by atoms with Gasteiger partial charge in [0.25, 0.3) is 0 Å². The van der Waals surface area contributed by atoms with Gasteiger partial charge in [-0.1, -0.05) is 35.0 Å². The molecule has 3 rings (SSSR count). The van der Waals surface area contributed by atoms with Crippen molar-refractivity contribution < 1.29 is 18.8 Å². The molecular formula is C19H18ClNO4. The number of halogens is 1. The van der Waals surface area contributed by atoms with Crippen molar-refractivity contribution >= 4 is 28.5 Å². The first-order valence-corrected chi connectivity index (χ1v) is 8.33. The fourth-order valence-corrected chi connectivity index (χ4v) is 2.86. The van der Waals surface area contributed by atoms with Gasteiger partial charge in [0, 0.05) is 5.56 Å². The summed E-state index contributed by atoms with van der Waals surface area (Å²) >= 11 is 6.36. The first-order chi connectivity index (χ1) is 12.0. The predicted molar refractivity (Wildman–Crippen MR) is 96.1 cm³/mol. The van der Waals surface area contributed by atoms with E-state index in [1.807, 2.05) is 25.1 Å². The van der Waals surface area contributed by atoms with Crippen LogP contribution in [0.15, 0.2) is 34.9 Å². The monoisotopic (exact) mass is 359 g/mol.